The lowest BCUT2D eigenvalue weighted by Crippen LogP contribution is -2.10. The highest BCUT2D eigenvalue weighted by molar-refractivity contribution is 6.19. The fraction of sp³-hybridized carbons (Fsp3) is 0.103. The second-order valence-corrected chi connectivity index (χ2v) is 16.6. The first-order valence-corrected chi connectivity index (χ1v) is 21.5. The number of anilines is 3. The van der Waals surface area contributed by atoms with Gasteiger partial charge in [0.15, 0.2) is 0 Å². The van der Waals surface area contributed by atoms with Crippen LogP contribution in [0.25, 0.3) is 71.6 Å². The Morgan fingerprint density at radius 1 is 0.533 bits per heavy atom. The molecule has 0 saturated heterocycles. The second-order valence-electron chi connectivity index (χ2n) is 16.6. The smallest absolute Gasteiger partial charge is 0.136 e. The van der Waals surface area contributed by atoms with Crippen LogP contribution < -0.4 is 4.90 Å². The van der Waals surface area contributed by atoms with E-state index in [0.29, 0.717) is 5.92 Å². The Balaban J connectivity index is 0.993. The van der Waals surface area contributed by atoms with Gasteiger partial charge in [0.2, 0.25) is 0 Å². The standard InChI is InChI=1S/C58H43NO/c1-2-18-43(19-3-1)59(53-27-14-17-39-15-4-7-22-47(39)53)44-33-29-38(30-34-44)35-41-31-32-42-37-55-57(51-26-12-13-28-54(51)60-55)58(56(42)50-25-11-8-21-46(41)50)52-36-40-16-5-6-20-45(40)48-23-9-10-24-49(48)52/h1-11,13-25,27-30,33-34,36-37,41H,12,26,31-32,35H2. The zero-order chi connectivity index (χ0) is 39.6. The van der Waals surface area contributed by atoms with Crippen LogP contribution in [0, 0.1) is 0 Å². The molecule has 10 aromatic rings. The number of allylic oxidation sites excluding steroid dienone is 1. The van der Waals surface area contributed by atoms with Gasteiger partial charge in [-0.05, 0) is 147 Å². The molecule has 0 aliphatic heterocycles. The minimum absolute atomic E-state index is 0.354. The fourth-order valence-electron chi connectivity index (χ4n) is 10.5. The predicted octanol–water partition coefficient (Wildman–Crippen LogP) is 15.9. The van der Waals surface area contributed by atoms with Crippen molar-refractivity contribution in [3.63, 3.8) is 0 Å². The summed E-state index contributed by atoms with van der Waals surface area (Å²) in [5.74, 6) is 1.37. The normalized spacial score (nSPS) is 14.6. The molecule has 0 spiro atoms. The fourth-order valence-corrected chi connectivity index (χ4v) is 10.5. The predicted molar refractivity (Wildman–Crippen MR) is 253 cm³/mol. The summed E-state index contributed by atoms with van der Waals surface area (Å²) < 4.78 is 6.80. The number of fused-ring (bicyclic) bond motifs is 10. The Morgan fingerprint density at radius 3 is 2.10 bits per heavy atom. The summed E-state index contributed by atoms with van der Waals surface area (Å²) in [6.45, 7) is 0. The monoisotopic (exact) mass is 769 g/mol. The highest BCUT2D eigenvalue weighted by Crippen LogP contribution is 2.51. The zero-order valence-electron chi connectivity index (χ0n) is 33.4. The van der Waals surface area contributed by atoms with Crippen molar-refractivity contribution in [2.75, 3.05) is 4.90 Å². The van der Waals surface area contributed by atoms with E-state index >= 15 is 0 Å². The van der Waals surface area contributed by atoms with Crippen LogP contribution >= 0.6 is 0 Å². The molecule has 60 heavy (non-hydrogen) atoms. The van der Waals surface area contributed by atoms with Gasteiger partial charge in [0.25, 0.3) is 0 Å². The van der Waals surface area contributed by atoms with E-state index in [1.165, 1.54) is 87.9 Å². The molecule has 12 rings (SSSR count). The molecule has 2 nitrogen and oxygen atoms in total. The number of para-hydroxylation sites is 1. The van der Waals surface area contributed by atoms with Crippen molar-refractivity contribution in [3.05, 3.63) is 216 Å². The molecule has 1 unspecified atom stereocenters. The molecule has 0 fully saturated rings. The van der Waals surface area contributed by atoms with Gasteiger partial charge in [0.05, 0.1) is 5.69 Å². The molecular formula is C58H43NO. The number of furan rings is 1. The third-order valence-electron chi connectivity index (χ3n) is 13.2. The average molecular weight is 770 g/mol. The lowest BCUT2D eigenvalue weighted by Gasteiger charge is -2.27. The van der Waals surface area contributed by atoms with E-state index < -0.39 is 0 Å². The third kappa shape index (κ3) is 5.70. The molecule has 0 saturated carbocycles. The van der Waals surface area contributed by atoms with Gasteiger partial charge in [-0.1, -0.05) is 146 Å². The summed E-state index contributed by atoms with van der Waals surface area (Å²) in [7, 11) is 0. The Kier molecular flexibility index (Phi) is 8.30. The topological polar surface area (TPSA) is 16.4 Å². The van der Waals surface area contributed by atoms with Crippen LogP contribution in [0.4, 0.5) is 17.1 Å². The first-order chi connectivity index (χ1) is 29.8. The minimum Gasteiger partial charge on any atom is -0.456 e. The molecule has 1 atom stereocenters. The number of hydrogen-bond donors (Lipinski definition) is 0. The van der Waals surface area contributed by atoms with Gasteiger partial charge < -0.3 is 9.32 Å². The van der Waals surface area contributed by atoms with Crippen LogP contribution in [-0.2, 0) is 19.3 Å². The molecule has 0 bridgehead atoms. The molecule has 286 valence electrons. The number of rotatable bonds is 6. The van der Waals surface area contributed by atoms with Crippen molar-refractivity contribution in [1.82, 2.24) is 0 Å². The number of nitrogens with zero attached hydrogens (tertiary/aromatic N) is 1. The highest BCUT2D eigenvalue weighted by Gasteiger charge is 2.30. The molecule has 1 aromatic heterocycles. The third-order valence-corrected chi connectivity index (χ3v) is 13.2. The van der Waals surface area contributed by atoms with Crippen molar-refractivity contribution in [2.24, 2.45) is 0 Å². The van der Waals surface area contributed by atoms with Crippen LogP contribution in [-0.4, -0.2) is 0 Å². The molecular weight excluding hydrogens is 727 g/mol. The second kappa shape index (κ2) is 14.3. The maximum Gasteiger partial charge on any atom is 0.136 e. The van der Waals surface area contributed by atoms with Crippen molar-refractivity contribution in [2.45, 2.75) is 38.0 Å². The molecule has 0 radical (unpaired) electrons. The van der Waals surface area contributed by atoms with Gasteiger partial charge in [-0.25, -0.2) is 0 Å². The van der Waals surface area contributed by atoms with Crippen molar-refractivity contribution in [3.8, 4) is 22.3 Å². The molecule has 9 aromatic carbocycles. The van der Waals surface area contributed by atoms with Gasteiger partial charge in [-0.2, -0.15) is 0 Å². The van der Waals surface area contributed by atoms with E-state index in [-0.39, 0.29) is 0 Å². The number of aryl methyl sites for hydroxylation is 2. The summed E-state index contributed by atoms with van der Waals surface area (Å²) in [6, 6.07) is 67.4. The number of benzene rings is 9. The largest absolute Gasteiger partial charge is 0.456 e. The van der Waals surface area contributed by atoms with Gasteiger partial charge >= 0.3 is 0 Å². The molecule has 0 amide bonds. The van der Waals surface area contributed by atoms with E-state index in [4.69, 9.17) is 4.42 Å². The maximum atomic E-state index is 6.80. The van der Waals surface area contributed by atoms with Crippen LogP contribution in [0.5, 0.6) is 0 Å². The first-order valence-electron chi connectivity index (χ1n) is 21.5. The quantitative estimate of drug-likeness (QED) is 0.157. The molecule has 0 N–H and O–H groups in total. The Morgan fingerprint density at radius 2 is 1.23 bits per heavy atom. The van der Waals surface area contributed by atoms with E-state index in [1.54, 1.807) is 0 Å². The molecule has 1 heterocycles. The van der Waals surface area contributed by atoms with Crippen LogP contribution in [0.3, 0.4) is 0 Å². The maximum absolute atomic E-state index is 6.80. The summed E-state index contributed by atoms with van der Waals surface area (Å²) in [5.41, 5.74) is 15.4. The van der Waals surface area contributed by atoms with Gasteiger partial charge in [0.1, 0.15) is 11.3 Å². The Hall–Kier alpha value is -7.16. The van der Waals surface area contributed by atoms with E-state index in [1.807, 2.05) is 0 Å². The first kappa shape index (κ1) is 34.8. The Labute approximate surface area is 350 Å². The van der Waals surface area contributed by atoms with E-state index in [0.717, 1.165) is 54.8 Å². The lowest BCUT2D eigenvalue weighted by atomic mass is 9.81. The van der Waals surface area contributed by atoms with Gasteiger partial charge in [0, 0.05) is 33.3 Å². The molecule has 2 aliphatic carbocycles. The van der Waals surface area contributed by atoms with Crippen LogP contribution in [0.15, 0.2) is 192 Å². The van der Waals surface area contributed by atoms with Gasteiger partial charge in [-0.3, -0.25) is 0 Å². The lowest BCUT2D eigenvalue weighted by molar-refractivity contribution is 0.594. The van der Waals surface area contributed by atoms with E-state index in [9.17, 15) is 0 Å². The van der Waals surface area contributed by atoms with Crippen molar-refractivity contribution < 1.29 is 4.42 Å². The molecule has 2 heteroatoms. The number of hydrogen-bond acceptors (Lipinski definition) is 2. The summed E-state index contributed by atoms with van der Waals surface area (Å²) in [6.07, 6.45) is 9.47. The summed E-state index contributed by atoms with van der Waals surface area (Å²) in [5, 5.41) is 8.91. The summed E-state index contributed by atoms with van der Waals surface area (Å²) >= 11 is 0. The highest BCUT2D eigenvalue weighted by atomic mass is 16.3. The average Bonchev–Trinajstić information content (AvgIpc) is 3.61. The summed E-state index contributed by atoms with van der Waals surface area (Å²) in [4.78, 5) is 2.39. The SMILES string of the molecule is C1=Cc2oc3cc4c(c(-c5cc6ccccc6c6ccccc56)c3c2CC1)-c1ccccc1C(Cc1ccc(N(c2ccccc2)c2cccc3ccccc23)cc1)CC4. The van der Waals surface area contributed by atoms with Crippen LogP contribution in [0.1, 0.15) is 46.8 Å². The Bertz CT molecular complexity index is 3290. The van der Waals surface area contributed by atoms with E-state index in [2.05, 4.69) is 199 Å². The van der Waals surface area contributed by atoms with Crippen molar-refractivity contribution >= 4 is 66.4 Å². The minimum atomic E-state index is 0.354. The van der Waals surface area contributed by atoms with Crippen LogP contribution in [0.2, 0.25) is 0 Å². The zero-order valence-corrected chi connectivity index (χ0v) is 33.4. The molecule has 2 aliphatic rings. The van der Waals surface area contributed by atoms with Crippen molar-refractivity contribution in [1.29, 1.82) is 0 Å². The van der Waals surface area contributed by atoms with Gasteiger partial charge in [-0.15, -0.1) is 0 Å².